The zero-order valence-corrected chi connectivity index (χ0v) is 21.3. The first-order valence-electron chi connectivity index (χ1n) is 12.3. The number of anilines is 2. The predicted molar refractivity (Wildman–Crippen MR) is 138 cm³/mol. The van der Waals surface area contributed by atoms with Crippen molar-refractivity contribution in [2.45, 2.75) is 38.2 Å². The van der Waals surface area contributed by atoms with Gasteiger partial charge in [0.1, 0.15) is 35.8 Å². The van der Waals surface area contributed by atoms with Gasteiger partial charge in [-0.3, -0.25) is 9.59 Å². The van der Waals surface area contributed by atoms with Gasteiger partial charge >= 0.3 is 5.97 Å². The molecule has 2 N–H and O–H groups in total. The van der Waals surface area contributed by atoms with Crippen LogP contribution in [0.3, 0.4) is 0 Å². The number of ether oxygens (including phenoxy) is 2. The maximum Gasteiger partial charge on any atom is 0.314 e. The molecular weight excluding hydrogens is 494 g/mol. The summed E-state index contributed by atoms with van der Waals surface area (Å²) in [6.07, 6.45) is 0.599. The normalized spacial score (nSPS) is 17.3. The molecule has 1 heterocycles. The highest BCUT2D eigenvalue weighted by Crippen LogP contribution is 2.49. The van der Waals surface area contributed by atoms with Crippen molar-refractivity contribution in [3.8, 4) is 11.5 Å². The van der Waals surface area contributed by atoms with Gasteiger partial charge in [-0.05, 0) is 85.8 Å². The number of fused-ring (bicyclic) bond motifs is 1. The van der Waals surface area contributed by atoms with E-state index in [1.807, 2.05) is 18.9 Å². The van der Waals surface area contributed by atoms with E-state index >= 15 is 0 Å². The fourth-order valence-corrected chi connectivity index (χ4v) is 4.86. The maximum atomic E-state index is 14.3. The Hall–Kier alpha value is -4.14. The first kappa shape index (κ1) is 25.5. The summed E-state index contributed by atoms with van der Waals surface area (Å²) in [7, 11) is 1.87. The van der Waals surface area contributed by atoms with Crippen molar-refractivity contribution in [2.75, 3.05) is 30.4 Å². The van der Waals surface area contributed by atoms with Gasteiger partial charge < -0.3 is 24.8 Å². The SMILES string of the molecule is Cc1cc(C(=O)Nc2cc(F)cc(C3(C(=O)O)CC3)c2)c(C)cc1OC[C@@H]1CN(C)c2cc(F)ccc2O1. The van der Waals surface area contributed by atoms with Gasteiger partial charge in [-0.25, -0.2) is 8.78 Å². The number of carboxylic acids is 1. The number of nitrogens with zero attached hydrogens (tertiary/aromatic N) is 1. The Balaban J connectivity index is 1.27. The highest BCUT2D eigenvalue weighted by atomic mass is 19.1. The smallest absolute Gasteiger partial charge is 0.314 e. The molecular formula is C29H28F2N2O5. The van der Waals surface area contributed by atoms with Gasteiger partial charge in [0.25, 0.3) is 5.91 Å². The van der Waals surface area contributed by atoms with Crippen molar-refractivity contribution in [1.82, 2.24) is 0 Å². The number of carboxylic acid groups (broad SMARTS) is 1. The number of aliphatic carboxylic acids is 1. The van der Waals surface area contributed by atoms with Gasteiger partial charge in [-0.1, -0.05) is 0 Å². The fraction of sp³-hybridized carbons (Fsp3) is 0.310. The number of nitrogens with one attached hydrogen (secondary N) is 1. The van der Waals surface area contributed by atoms with Crippen LogP contribution in [0.1, 0.15) is 39.9 Å². The second-order valence-corrected chi connectivity index (χ2v) is 10.0. The van der Waals surface area contributed by atoms with E-state index in [2.05, 4.69) is 5.32 Å². The highest BCUT2D eigenvalue weighted by molar-refractivity contribution is 6.05. The molecule has 0 radical (unpaired) electrons. The van der Waals surface area contributed by atoms with Crippen LogP contribution in [0.2, 0.25) is 0 Å². The van der Waals surface area contributed by atoms with Crippen LogP contribution >= 0.6 is 0 Å². The van der Waals surface area contributed by atoms with Gasteiger partial charge in [-0.2, -0.15) is 0 Å². The number of aryl methyl sites for hydroxylation is 2. The van der Waals surface area contributed by atoms with Crippen LogP contribution in [0.25, 0.3) is 0 Å². The molecule has 7 nitrogen and oxygen atoms in total. The van der Waals surface area contributed by atoms with Crippen molar-refractivity contribution in [3.05, 3.63) is 82.4 Å². The molecule has 0 aromatic heterocycles. The molecule has 3 aromatic rings. The first-order valence-corrected chi connectivity index (χ1v) is 12.3. The molecule has 9 heteroatoms. The van der Waals surface area contributed by atoms with E-state index in [4.69, 9.17) is 9.47 Å². The van der Waals surface area contributed by atoms with Gasteiger partial charge in [0.2, 0.25) is 0 Å². The molecule has 1 aliphatic carbocycles. The lowest BCUT2D eigenvalue weighted by atomic mass is 9.95. The summed E-state index contributed by atoms with van der Waals surface area (Å²) in [5.41, 5.74) is 1.94. The summed E-state index contributed by atoms with van der Waals surface area (Å²) in [6, 6.07) is 11.8. The first-order chi connectivity index (χ1) is 18.1. The molecule has 1 aliphatic heterocycles. The molecule has 1 saturated carbocycles. The molecule has 2 aliphatic rings. The fourth-order valence-electron chi connectivity index (χ4n) is 4.86. The number of amides is 1. The van der Waals surface area contributed by atoms with E-state index in [1.54, 1.807) is 25.1 Å². The lowest BCUT2D eigenvalue weighted by Gasteiger charge is -2.33. The molecule has 5 rings (SSSR count). The Morgan fingerprint density at radius 2 is 1.84 bits per heavy atom. The molecule has 0 unspecified atom stereocenters. The average molecular weight is 523 g/mol. The molecule has 38 heavy (non-hydrogen) atoms. The summed E-state index contributed by atoms with van der Waals surface area (Å²) in [5.74, 6) is -1.18. The predicted octanol–water partition coefficient (Wildman–Crippen LogP) is 5.23. The Morgan fingerprint density at radius 1 is 1.08 bits per heavy atom. The molecule has 3 aromatic carbocycles. The summed E-state index contributed by atoms with van der Waals surface area (Å²) in [5, 5.41) is 12.2. The van der Waals surface area contributed by atoms with Crippen LogP contribution in [0.15, 0.2) is 48.5 Å². The van der Waals surface area contributed by atoms with Gasteiger partial charge in [-0.15, -0.1) is 0 Å². The molecule has 1 fully saturated rings. The number of hydrogen-bond acceptors (Lipinski definition) is 5. The summed E-state index contributed by atoms with van der Waals surface area (Å²) in [6.45, 7) is 4.37. The monoisotopic (exact) mass is 522 g/mol. The molecule has 198 valence electrons. The van der Waals surface area contributed by atoms with E-state index < -0.39 is 23.1 Å². The topological polar surface area (TPSA) is 88.1 Å². The average Bonchev–Trinajstić information content (AvgIpc) is 3.67. The van der Waals surface area contributed by atoms with E-state index in [9.17, 15) is 23.5 Å². The van der Waals surface area contributed by atoms with Crippen LogP contribution in [0, 0.1) is 25.5 Å². The summed E-state index contributed by atoms with van der Waals surface area (Å²) in [4.78, 5) is 26.6. The Morgan fingerprint density at radius 3 is 2.55 bits per heavy atom. The summed E-state index contributed by atoms with van der Waals surface area (Å²) < 4.78 is 39.8. The number of halogens is 2. The third-order valence-electron chi connectivity index (χ3n) is 7.16. The third-order valence-corrected chi connectivity index (χ3v) is 7.16. The van der Waals surface area contributed by atoms with Crippen LogP contribution in [-0.4, -0.2) is 43.3 Å². The zero-order valence-electron chi connectivity index (χ0n) is 21.3. The number of benzene rings is 3. The lowest BCUT2D eigenvalue weighted by molar-refractivity contribution is -0.140. The second kappa shape index (κ2) is 9.63. The van der Waals surface area contributed by atoms with Crippen molar-refractivity contribution in [2.24, 2.45) is 0 Å². The largest absolute Gasteiger partial charge is 0.489 e. The maximum absolute atomic E-state index is 14.3. The zero-order chi connectivity index (χ0) is 27.2. The van der Waals surface area contributed by atoms with Gasteiger partial charge in [0.15, 0.2) is 0 Å². The lowest BCUT2D eigenvalue weighted by Crippen LogP contribution is -2.41. The van der Waals surface area contributed by atoms with Crippen molar-refractivity contribution < 1.29 is 33.0 Å². The number of carbonyl (C=O) groups is 2. The Labute approximate surface area is 219 Å². The third kappa shape index (κ3) is 4.88. The number of likely N-dealkylation sites (N-methyl/N-ethyl adjacent to an activating group) is 1. The minimum absolute atomic E-state index is 0.202. The van der Waals surface area contributed by atoms with Gasteiger partial charge in [0, 0.05) is 24.4 Å². The minimum atomic E-state index is -1.08. The molecule has 1 amide bonds. The molecule has 0 saturated heterocycles. The van der Waals surface area contributed by atoms with Crippen LogP contribution < -0.4 is 19.7 Å². The van der Waals surface area contributed by atoms with Crippen LogP contribution in [0.5, 0.6) is 11.5 Å². The van der Waals surface area contributed by atoms with E-state index in [0.717, 1.165) is 5.56 Å². The second-order valence-electron chi connectivity index (χ2n) is 10.0. The van der Waals surface area contributed by atoms with Crippen LogP contribution in [0.4, 0.5) is 20.2 Å². The number of carbonyl (C=O) groups excluding carboxylic acids is 1. The Kier molecular flexibility index (Phi) is 6.46. The quantitative estimate of drug-likeness (QED) is 0.442. The minimum Gasteiger partial charge on any atom is -0.489 e. The Bertz CT molecular complexity index is 1440. The summed E-state index contributed by atoms with van der Waals surface area (Å²) >= 11 is 0. The number of rotatable bonds is 7. The molecule has 0 spiro atoms. The van der Waals surface area contributed by atoms with Gasteiger partial charge in [0.05, 0.1) is 17.6 Å². The van der Waals surface area contributed by atoms with E-state index in [-0.39, 0.29) is 24.2 Å². The molecule has 0 bridgehead atoms. The van der Waals surface area contributed by atoms with Crippen molar-refractivity contribution in [1.29, 1.82) is 0 Å². The highest BCUT2D eigenvalue weighted by Gasteiger charge is 2.52. The molecule has 1 atom stereocenters. The van der Waals surface area contributed by atoms with Crippen molar-refractivity contribution in [3.63, 3.8) is 0 Å². The number of hydrogen-bond donors (Lipinski definition) is 2. The van der Waals surface area contributed by atoms with Crippen LogP contribution in [-0.2, 0) is 10.2 Å². The van der Waals surface area contributed by atoms with Crippen molar-refractivity contribution >= 4 is 23.3 Å². The standard InChI is InChI=1S/C29H28F2N2O5/c1-16-9-26(37-15-22-14-33(3)24-13-19(30)4-5-25(24)38-22)17(2)8-23(16)27(34)32-21-11-18(10-20(31)12-21)29(6-7-29)28(35)36/h4-5,8-13,22H,6-7,14-15H2,1-3H3,(H,32,34)(H,35,36)/t22-/m0/s1. The van der Waals surface area contributed by atoms with E-state index in [1.165, 1.54) is 30.3 Å². The van der Waals surface area contributed by atoms with E-state index in [0.29, 0.717) is 53.3 Å².